The molecule has 2 heterocycles. The zero-order valence-corrected chi connectivity index (χ0v) is 7.97. The molecule has 0 amide bonds. The minimum atomic E-state index is -0.167. The molecule has 1 N–H and O–H groups in total. The maximum atomic E-state index is 11.1. The van der Waals surface area contributed by atoms with E-state index in [0.717, 1.165) is 5.69 Å². The van der Waals surface area contributed by atoms with Crippen LogP contribution in [0.5, 0.6) is 0 Å². The number of aromatic amines is 1. The molecule has 2 rings (SSSR count). The summed E-state index contributed by atoms with van der Waals surface area (Å²) in [6.07, 6.45) is 7.07. The van der Waals surface area contributed by atoms with Gasteiger partial charge in [0.05, 0.1) is 0 Å². The van der Waals surface area contributed by atoms with E-state index in [-0.39, 0.29) is 5.56 Å². The minimum absolute atomic E-state index is 0.167. The average Bonchev–Trinajstić information content (AvgIpc) is 2.29. The van der Waals surface area contributed by atoms with Crippen molar-refractivity contribution >= 4 is 5.69 Å². The van der Waals surface area contributed by atoms with Gasteiger partial charge in [-0.15, -0.1) is 0 Å². The van der Waals surface area contributed by atoms with Crippen LogP contribution in [0.4, 0.5) is 5.69 Å². The van der Waals surface area contributed by atoms with Gasteiger partial charge in [-0.2, -0.15) is 5.26 Å². The maximum absolute atomic E-state index is 11.1. The van der Waals surface area contributed by atoms with Crippen LogP contribution in [0.2, 0.25) is 0 Å². The van der Waals surface area contributed by atoms with E-state index >= 15 is 0 Å². The Labute approximate surface area is 86.8 Å². The number of aromatic nitrogens is 1. The van der Waals surface area contributed by atoms with Crippen LogP contribution < -0.4 is 10.5 Å². The third-order valence-corrected chi connectivity index (χ3v) is 2.15. The normalized spacial score (nSPS) is 14.6. The Bertz CT molecular complexity index is 519. The highest BCUT2D eigenvalue weighted by Gasteiger charge is 2.12. The summed E-state index contributed by atoms with van der Waals surface area (Å²) in [5, 5.41) is 8.91. The number of nitriles is 1. The summed E-state index contributed by atoms with van der Waals surface area (Å²) in [4.78, 5) is 15.5. The highest BCUT2D eigenvalue weighted by atomic mass is 16.1. The molecule has 0 radical (unpaired) electrons. The molecule has 0 spiro atoms. The molecule has 0 bridgehead atoms. The number of hydrogen-bond donors (Lipinski definition) is 1. The zero-order chi connectivity index (χ0) is 10.7. The molecule has 1 aromatic heterocycles. The number of allylic oxidation sites excluding steroid dienone is 3. The topological polar surface area (TPSA) is 59.9 Å². The molecule has 1 aliphatic rings. The van der Waals surface area contributed by atoms with Crippen LogP contribution in [-0.4, -0.2) is 11.5 Å². The first kappa shape index (κ1) is 9.28. The number of nitrogens with zero attached hydrogens (tertiary/aromatic N) is 2. The van der Waals surface area contributed by atoms with Crippen molar-refractivity contribution in [3.05, 3.63) is 52.6 Å². The molecule has 4 heteroatoms. The van der Waals surface area contributed by atoms with E-state index < -0.39 is 0 Å². The Morgan fingerprint density at radius 2 is 2.40 bits per heavy atom. The molecule has 1 aliphatic heterocycles. The second-order valence-electron chi connectivity index (χ2n) is 3.11. The van der Waals surface area contributed by atoms with Crippen molar-refractivity contribution in [1.29, 1.82) is 5.26 Å². The average molecular weight is 199 g/mol. The molecule has 0 aliphatic carbocycles. The number of anilines is 1. The van der Waals surface area contributed by atoms with Crippen molar-refractivity contribution < 1.29 is 0 Å². The van der Waals surface area contributed by atoms with Gasteiger partial charge in [-0.3, -0.25) is 4.79 Å². The lowest BCUT2D eigenvalue weighted by Crippen LogP contribution is -2.24. The molecule has 4 nitrogen and oxygen atoms in total. The van der Waals surface area contributed by atoms with E-state index in [0.29, 0.717) is 12.2 Å². The van der Waals surface area contributed by atoms with E-state index in [9.17, 15) is 4.79 Å². The highest BCUT2D eigenvalue weighted by molar-refractivity contribution is 5.57. The molecule has 1 aromatic rings. The van der Waals surface area contributed by atoms with Gasteiger partial charge in [0.15, 0.2) is 0 Å². The molecule has 0 atom stereocenters. The van der Waals surface area contributed by atoms with Crippen LogP contribution in [0.3, 0.4) is 0 Å². The second-order valence-corrected chi connectivity index (χ2v) is 3.11. The molecule has 0 fully saturated rings. The van der Waals surface area contributed by atoms with Crippen molar-refractivity contribution in [3.8, 4) is 6.07 Å². The van der Waals surface area contributed by atoms with Crippen molar-refractivity contribution in [3.63, 3.8) is 0 Å². The van der Waals surface area contributed by atoms with Crippen molar-refractivity contribution in [2.75, 3.05) is 11.4 Å². The fraction of sp³-hybridized carbons (Fsp3) is 0.0909. The van der Waals surface area contributed by atoms with E-state index in [1.807, 2.05) is 12.2 Å². The molecule has 0 saturated heterocycles. The van der Waals surface area contributed by atoms with Gasteiger partial charge in [0.25, 0.3) is 0 Å². The first-order valence-electron chi connectivity index (χ1n) is 4.54. The van der Waals surface area contributed by atoms with Crippen LogP contribution in [0.1, 0.15) is 0 Å². The van der Waals surface area contributed by atoms with E-state index in [4.69, 9.17) is 5.26 Å². The standard InChI is InChI=1S/C11H9N3O/c12-8-10-3-1-2-6-14(10)9-4-5-13-11(15)7-9/h1-5,7H,6H2,(H,13,15). The predicted molar refractivity (Wildman–Crippen MR) is 57.2 cm³/mol. The van der Waals surface area contributed by atoms with Crippen molar-refractivity contribution in [2.24, 2.45) is 0 Å². The largest absolute Gasteiger partial charge is 0.329 e. The highest BCUT2D eigenvalue weighted by Crippen LogP contribution is 2.18. The third-order valence-electron chi connectivity index (χ3n) is 2.15. The lowest BCUT2D eigenvalue weighted by Gasteiger charge is -2.23. The van der Waals surface area contributed by atoms with Crippen LogP contribution >= 0.6 is 0 Å². The lowest BCUT2D eigenvalue weighted by molar-refractivity contribution is 1.02. The Balaban J connectivity index is 2.41. The van der Waals surface area contributed by atoms with Crippen LogP contribution in [0.25, 0.3) is 0 Å². The number of rotatable bonds is 1. The van der Waals surface area contributed by atoms with Crippen LogP contribution in [-0.2, 0) is 0 Å². The summed E-state index contributed by atoms with van der Waals surface area (Å²) in [7, 11) is 0. The molecular weight excluding hydrogens is 190 g/mol. The first-order chi connectivity index (χ1) is 7.31. The summed E-state index contributed by atoms with van der Waals surface area (Å²) in [5.74, 6) is 0. The molecule has 0 aromatic carbocycles. The molecule has 0 saturated carbocycles. The van der Waals surface area contributed by atoms with Gasteiger partial charge in [0, 0.05) is 24.5 Å². The summed E-state index contributed by atoms with van der Waals surface area (Å²) in [5.41, 5.74) is 1.11. The van der Waals surface area contributed by atoms with Gasteiger partial charge in [-0.05, 0) is 12.1 Å². The van der Waals surface area contributed by atoms with E-state index in [2.05, 4.69) is 11.1 Å². The molecule has 0 unspecified atom stereocenters. The Hall–Kier alpha value is -2.28. The third kappa shape index (κ3) is 1.81. The summed E-state index contributed by atoms with van der Waals surface area (Å²) < 4.78 is 0. The summed E-state index contributed by atoms with van der Waals surface area (Å²) in [6.45, 7) is 0.614. The van der Waals surface area contributed by atoms with Crippen LogP contribution in [0.15, 0.2) is 47.0 Å². The van der Waals surface area contributed by atoms with Gasteiger partial charge < -0.3 is 9.88 Å². The van der Waals surface area contributed by atoms with Gasteiger partial charge in [0.1, 0.15) is 11.8 Å². The smallest absolute Gasteiger partial charge is 0.249 e. The van der Waals surface area contributed by atoms with Crippen LogP contribution in [0, 0.1) is 11.3 Å². The van der Waals surface area contributed by atoms with Crippen molar-refractivity contribution in [2.45, 2.75) is 0 Å². The lowest BCUT2D eigenvalue weighted by atomic mass is 10.2. The van der Waals surface area contributed by atoms with Crippen molar-refractivity contribution in [1.82, 2.24) is 4.98 Å². The predicted octanol–water partition coefficient (Wildman–Crippen LogP) is 1.16. The fourth-order valence-corrected chi connectivity index (χ4v) is 1.46. The van der Waals surface area contributed by atoms with Gasteiger partial charge >= 0.3 is 0 Å². The Morgan fingerprint density at radius 1 is 1.53 bits per heavy atom. The Morgan fingerprint density at radius 3 is 3.13 bits per heavy atom. The monoisotopic (exact) mass is 199 g/mol. The van der Waals surface area contributed by atoms with E-state index in [1.54, 1.807) is 23.2 Å². The SMILES string of the molecule is N#CC1=CC=CCN1c1cc[nH]c(=O)c1. The number of nitrogens with one attached hydrogen (secondary N) is 1. The molecular formula is C11H9N3O. The number of H-pyrrole nitrogens is 1. The van der Waals surface area contributed by atoms with Gasteiger partial charge in [-0.25, -0.2) is 0 Å². The van der Waals surface area contributed by atoms with E-state index in [1.165, 1.54) is 6.07 Å². The van der Waals surface area contributed by atoms with Gasteiger partial charge in [0.2, 0.25) is 5.56 Å². The maximum Gasteiger partial charge on any atom is 0.249 e. The quantitative estimate of drug-likeness (QED) is 0.738. The summed E-state index contributed by atoms with van der Waals surface area (Å²) in [6, 6.07) is 5.34. The first-order valence-corrected chi connectivity index (χ1v) is 4.54. The molecule has 74 valence electrons. The zero-order valence-electron chi connectivity index (χ0n) is 7.97. The fourth-order valence-electron chi connectivity index (χ4n) is 1.46. The van der Waals surface area contributed by atoms with Gasteiger partial charge in [-0.1, -0.05) is 12.2 Å². The number of pyridine rings is 1. The second kappa shape index (κ2) is 3.84. The number of hydrogen-bond acceptors (Lipinski definition) is 3. The molecule has 15 heavy (non-hydrogen) atoms. The summed E-state index contributed by atoms with van der Waals surface area (Å²) >= 11 is 0. The minimum Gasteiger partial charge on any atom is -0.329 e. The Kier molecular flexibility index (Phi) is 2.38.